The standard InChI is InChI=1S/C19H24F3NO/c1-2-12-7-9-13(10-8-12)23-18(24)16-11-15(16)14-5-3-4-6-17(14)19(20,21)22/h3-6,12-13,15-16H,2,7-11H2,1H3,(H,23,24). The summed E-state index contributed by atoms with van der Waals surface area (Å²) in [5.41, 5.74) is -0.339. The number of carbonyl (C=O) groups is 1. The molecule has 1 amide bonds. The number of hydrogen-bond acceptors (Lipinski definition) is 1. The van der Waals surface area contributed by atoms with Gasteiger partial charge in [-0.1, -0.05) is 31.5 Å². The van der Waals surface area contributed by atoms with Gasteiger partial charge in [0.15, 0.2) is 0 Å². The zero-order chi connectivity index (χ0) is 17.3. The van der Waals surface area contributed by atoms with E-state index in [1.165, 1.54) is 18.6 Å². The molecule has 3 rings (SSSR count). The molecule has 0 spiro atoms. The van der Waals surface area contributed by atoms with Gasteiger partial charge < -0.3 is 5.32 Å². The van der Waals surface area contributed by atoms with E-state index in [4.69, 9.17) is 0 Å². The van der Waals surface area contributed by atoms with Crippen LogP contribution in [0, 0.1) is 11.8 Å². The summed E-state index contributed by atoms with van der Waals surface area (Å²) in [6.45, 7) is 2.19. The normalized spacial score (nSPS) is 30.0. The van der Waals surface area contributed by atoms with Gasteiger partial charge in [0, 0.05) is 12.0 Å². The number of rotatable bonds is 4. The van der Waals surface area contributed by atoms with E-state index >= 15 is 0 Å². The van der Waals surface area contributed by atoms with E-state index in [2.05, 4.69) is 12.2 Å². The Kier molecular flexibility index (Phi) is 4.88. The third-order valence-electron chi connectivity index (χ3n) is 5.56. The molecule has 1 aromatic rings. The Balaban J connectivity index is 1.59. The lowest BCUT2D eigenvalue weighted by Crippen LogP contribution is -2.38. The van der Waals surface area contributed by atoms with Gasteiger partial charge in [-0.05, 0) is 55.6 Å². The highest BCUT2D eigenvalue weighted by Gasteiger charge is 2.48. The van der Waals surface area contributed by atoms with Crippen LogP contribution in [0.3, 0.4) is 0 Å². The number of hydrogen-bond donors (Lipinski definition) is 1. The Bertz CT molecular complexity index is 591. The summed E-state index contributed by atoms with van der Waals surface area (Å²) in [5, 5.41) is 3.06. The molecule has 2 aliphatic rings. The van der Waals surface area contributed by atoms with E-state index in [0.717, 1.165) is 37.7 Å². The molecule has 5 heteroatoms. The van der Waals surface area contributed by atoms with Crippen LogP contribution in [0.4, 0.5) is 13.2 Å². The molecule has 24 heavy (non-hydrogen) atoms. The predicted octanol–water partition coefficient (Wildman–Crippen LogP) is 4.89. The van der Waals surface area contributed by atoms with E-state index in [0.29, 0.717) is 6.42 Å². The van der Waals surface area contributed by atoms with Gasteiger partial charge in [0.2, 0.25) is 5.91 Å². The van der Waals surface area contributed by atoms with Crippen LogP contribution in [-0.4, -0.2) is 11.9 Å². The van der Waals surface area contributed by atoms with Crippen molar-refractivity contribution in [1.82, 2.24) is 5.32 Å². The van der Waals surface area contributed by atoms with Gasteiger partial charge in [0.05, 0.1) is 5.56 Å². The summed E-state index contributed by atoms with van der Waals surface area (Å²) in [6, 6.07) is 5.82. The molecule has 1 N–H and O–H groups in total. The fraction of sp³-hybridized carbons (Fsp3) is 0.632. The first-order valence-corrected chi connectivity index (χ1v) is 8.86. The first kappa shape index (κ1) is 17.3. The molecule has 0 aliphatic heterocycles. The average Bonchev–Trinajstić information content (AvgIpc) is 3.35. The maximum atomic E-state index is 13.1. The third-order valence-corrected chi connectivity index (χ3v) is 5.56. The van der Waals surface area contributed by atoms with E-state index < -0.39 is 11.7 Å². The van der Waals surface area contributed by atoms with Gasteiger partial charge in [-0.25, -0.2) is 0 Å². The average molecular weight is 339 g/mol. The van der Waals surface area contributed by atoms with Gasteiger partial charge in [-0.2, -0.15) is 13.2 Å². The van der Waals surface area contributed by atoms with Gasteiger partial charge >= 0.3 is 6.18 Å². The van der Waals surface area contributed by atoms with Crippen molar-refractivity contribution in [3.05, 3.63) is 35.4 Å². The fourth-order valence-electron chi connectivity index (χ4n) is 3.93. The van der Waals surface area contributed by atoms with Crippen LogP contribution in [0.5, 0.6) is 0 Å². The molecular formula is C19H24F3NO. The zero-order valence-electron chi connectivity index (χ0n) is 13.9. The molecule has 132 valence electrons. The molecule has 0 heterocycles. The van der Waals surface area contributed by atoms with Crippen molar-refractivity contribution in [3.8, 4) is 0 Å². The van der Waals surface area contributed by atoms with Gasteiger partial charge in [-0.15, -0.1) is 0 Å². The van der Waals surface area contributed by atoms with Crippen LogP contribution in [-0.2, 0) is 11.0 Å². The Morgan fingerprint density at radius 1 is 1.17 bits per heavy atom. The number of amides is 1. The van der Waals surface area contributed by atoms with Gasteiger partial charge in [-0.3, -0.25) is 4.79 Å². The van der Waals surface area contributed by atoms with Crippen molar-refractivity contribution in [2.75, 3.05) is 0 Å². The van der Waals surface area contributed by atoms with Crippen molar-refractivity contribution in [1.29, 1.82) is 0 Å². The number of nitrogens with one attached hydrogen (secondary N) is 1. The molecular weight excluding hydrogens is 315 g/mol. The van der Waals surface area contributed by atoms with Crippen LogP contribution >= 0.6 is 0 Å². The SMILES string of the molecule is CCC1CCC(NC(=O)C2CC2c2ccccc2C(F)(F)F)CC1. The maximum Gasteiger partial charge on any atom is 0.416 e. The molecule has 2 fully saturated rings. The van der Waals surface area contributed by atoms with Crippen LogP contribution in [0.25, 0.3) is 0 Å². The van der Waals surface area contributed by atoms with Crippen LogP contribution in [0.2, 0.25) is 0 Å². The highest BCUT2D eigenvalue weighted by atomic mass is 19.4. The number of benzene rings is 1. The smallest absolute Gasteiger partial charge is 0.353 e. The second-order valence-electron chi connectivity index (χ2n) is 7.17. The van der Waals surface area contributed by atoms with Crippen molar-refractivity contribution in [2.45, 2.75) is 63.6 Å². The lowest BCUT2D eigenvalue weighted by molar-refractivity contribution is -0.138. The highest BCUT2D eigenvalue weighted by molar-refractivity contribution is 5.83. The Morgan fingerprint density at radius 3 is 2.46 bits per heavy atom. The summed E-state index contributed by atoms with van der Waals surface area (Å²) >= 11 is 0. The molecule has 1 aromatic carbocycles. The van der Waals surface area contributed by atoms with E-state index in [1.54, 1.807) is 6.07 Å². The molecule has 0 saturated heterocycles. The first-order valence-electron chi connectivity index (χ1n) is 8.86. The topological polar surface area (TPSA) is 29.1 Å². The Morgan fingerprint density at radius 2 is 1.83 bits per heavy atom. The third kappa shape index (κ3) is 3.76. The van der Waals surface area contributed by atoms with Crippen molar-refractivity contribution >= 4 is 5.91 Å². The van der Waals surface area contributed by atoms with Crippen LogP contribution < -0.4 is 5.32 Å². The molecule has 0 bridgehead atoms. The van der Waals surface area contributed by atoms with Crippen LogP contribution in [0.15, 0.2) is 24.3 Å². The highest BCUT2D eigenvalue weighted by Crippen LogP contribution is 2.51. The number of carbonyl (C=O) groups excluding carboxylic acids is 1. The summed E-state index contributed by atoms with van der Waals surface area (Å²) < 4.78 is 39.3. The molecule has 2 atom stereocenters. The lowest BCUT2D eigenvalue weighted by Gasteiger charge is -2.28. The van der Waals surface area contributed by atoms with E-state index in [-0.39, 0.29) is 29.3 Å². The molecule has 2 aliphatic carbocycles. The Labute approximate surface area is 140 Å². The summed E-state index contributed by atoms with van der Waals surface area (Å²) in [4.78, 5) is 12.4. The molecule has 2 unspecified atom stereocenters. The second-order valence-corrected chi connectivity index (χ2v) is 7.17. The zero-order valence-corrected chi connectivity index (χ0v) is 13.9. The minimum absolute atomic E-state index is 0.0723. The minimum Gasteiger partial charge on any atom is -0.353 e. The molecule has 0 aromatic heterocycles. The first-order chi connectivity index (χ1) is 11.4. The monoisotopic (exact) mass is 339 g/mol. The Hall–Kier alpha value is -1.52. The second kappa shape index (κ2) is 6.77. The number of halogens is 3. The van der Waals surface area contributed by atoms with Crippen molar-refractivity contribution < 1.29 is 18.0 Å². The minimum atomic E-state index is -4.36. The lowest BCUT2D eigenvalue weighted by atomic mass is 9.84. The van der Waals surface area contributed by atoms with E-state index in [1.807, 2.05) is 0 Å². The number of alkyl halides is 3. The fourth-order valence-corrected chi connectivity index (χ4v) is 3.93. The van der Waals surface area contributed by atoms with E-state index in [9.17, 15) is 18.0 Å². The summed E-state index contributed by atoms with van der Waals surface area (Å²) in [7, 11) is 0. The summed E-state index contributed by atoms with van der Waals surface area (Å²) in [6.07, 6.45) is 1.57. The quantitative estimate of drug-likeness (QED) is 0.831. The summed E-state index contributed by atoms with van der Waals surface area (Å²) in [5.74, 6) is 0.0784. The van der Waals surface area contributed by atoms with Gasteiger partial charge in [0.1, 0.15) is 0 Å². The van der Waals surface area contributed by atoms with Crippen LogP contribution in [0.1, 0.15) is 62.5 Å². The maximum absolute atomic E-state index is 13.1. The predicted molar refractivity (Wildman–Crippen MR) is 86.5 cm³/mol. The van der Waals surface area contributed by atoms with Crippen molar-refractivity contribution in [2.24, 2.45) is 11.8 Å². The molecule has 0 radical (unpaired) electrons. The van der Waals surface area contributed by atoms with Gasteiger partial charge in [0.25, 0.3) is 0 Å². The molecule has 2 saturated carbocycles. The molecule has 2 nitrogen and oxygen atoms in total. The largest absolute Gasteiger partial charge is 0.416 e. The van der Waals surface area contributed by atoms with Crippen molar-refractivity contribution in [3.63, 3.8) is 0 Å².